The number of nitrogens with two attached hydrogens (primary N) is 1. The fourth-order valence-electron chi connectivity index (χ4n) is 5.75. The predicted octanol–water partition coefficient (Wildman–Crippen LogP) is 3.76. The summed E-state index contributed by atoms with van der Waals surface area (Å²) in [4.78, 5) is 64.4. The van der Waals surface area contributed by atoms with Crippen LogP contribution < -0.4 is 27.0 Å². The lowest BCUT2D eigenvalue weighted by Gasteiger charge is -2.32. The van der Waals surface area contributed by atoms with Crippen molar-refractivity contribution in [3.8, 4) is 0 Å². The largest absolute Gasteiger partial charge is 0.444 e. The van der Waals surface area contributed by atoms with Gasteiger partial charge in [-0.2, -0.15) is 0 Å². The van der Waals surface area contributed by atoms with Gasteiger partial charge in [0.15, 0.2) is 0 Å². The van der Waals surface area contributed by atoms with Crippen molar-refractivity contribution in [2.24, 2.45) is 17.6 Å². The average molecular weight is 660 g/mol. The number of unbranched alkanes of at least 4 members (excludes halogenated alkanes) is 1. The molecule has 12 nitrogen and oxygen atoms in total. The van der Waals surface area contributed by atoms with E-state index in [4.69, 9.17) is 10.5 Å². The number of carbonyl (C=O) groups is 5. The molecule has 1 aliphatic carbocycles. The van der Waals surface area contributed by atoms with Crippen molar-refractivity contribution >= 4 is 29.7 Å². The highest BCUT2D eigenvalue weighted by Crippen LogP contribution is 2.29. The molecule has 1 aromatic rings. The maximum Gasteiger partial charge on any atom is 0.408 e. The summed E-state index contributed by atoms with van der Waals surface area (Å²) in [7, 11) is 0. The molecule has 0 saturated heterocycles. The molecule has 0 unspecified atom stereocenters. The number of carbonyl (C=O) groups excluding carboxylic acids is 5. The molecule has 1 aliphatic rings. The predicted molar refractivity (Wildman–Crippen MR) is 180 cm³/mol. The molecule has 7 N–H and O–H groups in total. The van der Waals surface area contributed by atoms with Gasteiger partial charge in [0.25, 0.3) is 0 Å². The van der Waals surface area contributed by atoms with Gasteiger partial charge >= 0.3 is 6.09 Å². The van der Waals surface area contributed by atoms with Crippen molar-refractivity contribution in [3.63, 3.8) is 0 Å². The molecule has 1 aromatic carbocycles. The first-order chi connectivity index (χ1) is 22.2. The highest BCUT2D eigenvalue weighted by Gasteiger charge is 2.34. The minimum atomic E-state index is -1.22. The number of aliphatic hydroxyl groups is 1. The van der Waals surface area contributed by atoms with Gasteiger partial charge in [0.05, 0.1) is 12.1 Å². The van der Waals surface area contributed by atoms with E-state index in [2.05, 4.69) is 21.3 Å². The summed E-state index contributed by atoms with van der Waals surface area (Å²) in [6, 6.07) is 5.58. The monoisotopic (exact) mass is 659 g/mol. The van der Waals surface area contributed by atoms with Crippen LogP contribution in [0.15, 0.2) is 30.3 Å². The van der Waals surface area contributed by atoms with E-state index in [-0.39, 0.29) is 25.2 Å². The lowest BCUT2D eigenvalue weighted by molar-refractivity contribution is -0.131. The summed E-state index contributed by atoms with van der Waals surface area (Å²) in [6.45, 7) is 9.41. The molecule has 12 heteroatoms. The molecule has 0 aliphatic heterocycles. The van der Waals surface area contributed by atoms with Crippen molar-refractivity contribution in [2.45, 2.75) is 135 Å². The van der Waals surface area contributed by atoms with Gasteiger partial charge in [-0.15, -0.1) is 0 Å². The summed E-state index contributed by atoms with van der Waals surface area (Å²) in [5.74, 6) is -2.22. The summed E-state index contributed by atoms with van der Waals surface area (Å²) in [5.41, 5.74) is 4.98. The Bertz CT molecular complexity index is 1150. The molecule has 5 atom stereocenters. The molecular formula is C35H57N5O7. The highest BCUT2D eigenvalue weighted by molar-refractivity contribution is 5.92. The van der Waals surface area contributed by atoms with E-state index in [1.807, 2.05) is 6.92 Å². The molecule has 2 rings (SSSR count). The van der Waals surface area contributed by atoms with Gasteiger partial charge in [-0.05, 0) is 57.9 Å². The number of hydrogen-bond donors (Lipinski definition) is 6. The van der Waals surface area contributed by atoms with Crippen LogP contribution in [0.2, 0.25) is 0 Å². The molecule has 47 heavy (non-hydrogen) atoms. The normalized spacial score (nSPS) is 16.9. The lowest BCUT2D eigenvalue weighted by atomic mass is 9.82. The fraction of sp³-hybridized carbons (Fsp3) is 0.686. The summed E-state index contributed by atoms with van der Waals surface area (Å²) in [5, 5.41) is 22.6. The first kappa shape index (κ1) is 39.5. The number of benzene rings is 1. The molecule has 0 aromatic heterocycles. The molecule has 1 fully saturated rings. The van der Waals surface area contributed by atoms with Crippen molar-refractivity contribution in [1.82, 2.24) is 21.3 Å². The zero-order chi connectivity index (χ0) is 35.0. The van der Waals surface area contributed by atoms with Gasteiger partial charge in [0, 0.05) is 18.9 Å². The van der Waals surface area contributed by atoms with Crippen LogP contribution in [0.5, 0.6) is 0 Å². The third-order valence-electron chi connectivity index (χ3n) is 8.34. The number of hydrogen-bond acceptors (Lipinski definition) is 7. The van der Waals surface area contributed by atoms with E-state index in [1.165, 1.54) is 0 Å². The topological polar surface area (TPSA) is 189 Å². The van der Waals surface area contributed by atoms with Crippen LogP contribution in [0, 0.1) is 11.8 Å². The quantitative estimate of drug-likeness (QED) is 0.129. The molecule has 1 saturated carbocycles. The van der Waals surface area contributed by atoms with Crippen molar-refractivity contribution < 1.29 is 33.8 Å². The second-order valence-corrected chi connectivity index (χ2v) is 13.8. The number of ether oxygens (including phenoxy) is 1. The highest BCUT2D eigenvalue weighted by atomic mass is 16.6. The van der Waals surface area contributed by atoms with Crippen LogP contribution in [0.4, 0.5) is 4.79 Å². The van der Waals surface area contributed by atoms with E-state index in [1.54, 1.807) is 58.0 Å². The Morgan fingerprint density at radius 2 is 1.62 bits per heavy atom. The van der Waals surface area contributed by atoms with E-state index < -0.39 is 59.6 Å². The van der Waals surface area contributed by atoms with Crippen LogP contribution >= 0.6 is 0 Å². The van der Waals surface area contributed by atoms with E-state index in [0.717, 1.165) is 44.9 Å². The number of nitrogens with one attached hydrogen (secondary N) is 4. The molecule has 0 bridgehead atoms. The average Bonchev–Trinajstić information content (AvgIpc) is 3.01. The summed E-state index contributed by atoms with van der Waals surface area (Å²) < 4.78 is 5.31. The van der Waals surface area contributed by atoms with E-state index in [9.17, 15) is 29.1 Å². The van der Waals surface area contributed by atoms with Gasteiger partial charge in [0.1, 0.15) is 17.7 Å². The third kappa shape index (κ3) is 15.2. The van der Waals surface area contributed by atoms with Gasteiger partial charge in [-0.1, -0.05) is 82.7 Å². The second kappa shape index (κ2) is 19.9. The lowest BCUT2D eigenvalue weighted by Crippen LogP contribution is -2.53. The Balaban J connectivity index is 2.30. The number of rotatable bonds is 18. The Labute approximate surface area is 279 Å². The van der Waals surface area contributed by atoms with Crippen molar-refractivity contribution in [2.75, 3.05) is 6.54 Å². The van der Waals surface area contributed by atoms with Crippen molar-refractivity contribution in [1.29, 1.82) is 0 Å². The second-order valence-electron chi connectivity index (χ2n) is 13.8. The Hall–Kier alpha value is -3.67. The Morgan fingerprint density at radius 3 is 2.21 bits per heavy atom. The molecular weight excluding hydrogens is 602 g/mol. The SMILES string of the molecule is CCCCNC(=O)[C@H](C)C[C@H](O)[C@H](CC1CCCCC1)NC(=O)[C@@H](NC(=O)[C@H](CCC(N)=O)NC(=O)OC(C)(C)C)c1ccccc1. The number of alkyl carbamates (subject to hydrolysis) is 1. The molecule has 0 spiro atoms. The Kier molecular flexibility index (Phi) is 16.7. The first-order valence-electron chi connectivity index (χ1n) is 17.1. The Morgan fingerprint density at radius 1 is 0.957 bits per heavy atom. The number of aliphatic hydroxyl groups excluding tert-OH is 1. The number of primary amides is 1. The maximum absolute atomic E-state index is 14.0. The standard InChI is InChI=1S/C35H57N5O7/c1-6-7-20-37-31(43)23(2)21-28(41)27(22-24-14-10-8-11-15-24)38-33(45)30(25-16-12-9-13-17-25)40-32(44)26(18-19-29(36)42)39-34(46)47-35(3,4)5/h9,12-13,16-17,23-24,26-28,30,41H,6-8,10-11,14-15,18-22H2,1-5H3,(H2,36,42)(H,37,43)(H,38,45)(H,39,46)(H,40,44)/t23-,26+,27+,28+,30+/m1/s1. The zero-order valence-electron chi connectivity index (χ0n) is 28.8. The van der Waals surface area contributed by atoms with Crippen LogP contribution in [-0.4, -0.2) is 65.2 Å². The van der Waals surface area contributed by atoms with E-state index in [0.29, 0.717) is 24.4 Å². The van der Waals surface area contributed by atoms with Gasteiger partial charge in [-0.3, -0.25) is 19.2 Å². The van der Waals surface area contributed by atoms with Gasteiger partial charge in [-0.25, -0.2) is 4.79 Å². The van der Waals surface area contributed by atoms with Crippen LogP contribution in [-0.2, 0) is 23.9 Å². The molecule has 0 heterocycles. The van der Waals surface area contributed by atoms with Gasteiger partial charge in [0.2, 0.25) is 23.6 Å². The van der Waals surface area contributed by atoms with Crippen molar-refractivity contribution in [3.05, 3.63) is 35.9 Å². The zero-order valence-corrected chi connectivity index (χ0v) is 28.8. The minimum Gasteiger partial charge on any atom is -0.444 e. The summed E-state index contributed by atoms with van der Waals surface area (Å²) in [6.07, 6.45) is 5.66. The third-order valence-corrected chi connectivity index (χ3v) is 8.34. The van der Waals surface area contributed by atoms with Crippen LogP contribution in [0.25, 0.3) is 0 Å². The first-order valence-corrected chi connectivity index (χ1v) is 17.1. The molecule has 0 radical (unpaired) electrons. The minimum absolute atomic E-state index is 0.106. The fourth-order valence-corrected chi connectivity index (χ4v) is 5.75. The summed E-state index contributed by atoms with van der Waals surface area (Å²) >= 11 is 0. The molecule has 5 amide bonds. The number of amides is 5. The maximum atomic E-state index is 14.0. The van der Waals surface area contributed by atoms with Crippen LogP contribution in [0.3, 0.4) is 0 Å². The molecule has 264 valence electrons. The smallest absolute Gasteiger partial charge is 0.408 e. The van der Waals surface area contributed by atoms with E-state index >= 15 is 0 Å². The van der Waals surface area contributed by atoms with Crippen LogP contribution in [0.1, 0.15) is 117 Å². The van der Waals surface area contributed by atoms with Gasteiger partial charge < -0.3 is 36.8 Å².